The number of hydrogen-bond acceptors (Lipinski definition) is 3. The Morgan fingerprint density at radius 3 is 3.00 bits per heavy atom. The standard InChI is InChI=1S/C12H18O3/c1-3-14-11-7-4-8-10(6-15-12(8)11)9(7)5-13-2/h3,7-12H,1,4-6H2,2H3. The summed E-state index contributed by atoms with van der Waals surface area (Å²) in [7, 11) is 1.78. The summed E-state index contributed by atoms with van der Waals surface area (Å²) in [6.45, 7) is 5.40. The molecular formula is C12H18O3. The highest BCUT2D eigenvalue weighted by Gasteiger charge is 2.62. The van der Waals surface area contributed by atoms with Gasteiger partial charge in [-0.3, -0.25) is 0 Å². The summed E-state index contributed by atoms with van der Waals surface area (Å²) in [5.74, 6) is 2.67. The Morgan fingerprint density at radius 1 is 1.40 bits per heavy atom. The monoisotopic (exact) mass is 210 g/mol. The maximum atomic E-state index is 5.84. The third-order valence-corrected chi connectivity index (χ3v) is 4.46. The van der Waals surface area contributed by atoms with Crippen LogP contribution in [0.2, 0.25) is 0 Å². The van der Waals surface area contributed by atoms with E-state index < -0.39 is 0 Å². The maximum Gasteiger partial charge on any atom is 0.127 e. The highest BCUT2D eigenvalue weighted by molar-refractivity contribution is 5.10. The molecular weight excluding hydrogens is 192 g/mol. The van der Waals surface area contributed by atoms with Crippen LogP contribution in [0.5, 0.6) is 0 Å². The van der Waals surface area contributed by atoms with Crippen molar-refractivity contribution in [2.75, 3.05) is 20.3 Å². The van der Waals surface area contributed by atoms with Gasteiger partial charge in [0.05, 0.1) is 19.0 Å². The summed E-state index contributed by atoms with van der Waals surface area (Å²) in [4.78, 5) is 0. The van der Waals surface area contributed by atoms with Gasteiger partial charge in [-0.05, 0) is 24.2 Å². The first kappa shape index (κ1) is 9.67. The number of fused-ring (bicyclic) bond motifs is 1. The normalized spacial score (nSPS) is 51.0. The summed E-state index contributed by atoms with van der Waals surface area (Å²) in [6, 6.07) is 0. The van der Waals surface area contributed by atoms with E-state index in [0.29, 0.717) is 29.8 Å². The Morgan fingerprint density at radius 2 is 2.27 bits per heavy atom. The average Bonchev–Trinajstić information content (AvgIpc) is 2.81. The molecule has 3 rings (SSSR count). The van der Waals surface area contributed by atoms with Gasteiger partial charge < -0.3 is 14.2 Å². The average molecular weight is 210 g/mol. The highest BCUT2D eigenvalue weighted by Crippen LogP contribution is 2.58. The maximum absolute atomic E-state index is 5.84. The molecule has 0 aromatic rings. The van der Waals surface area contributed by atoms with Crippen LogP contribution >= 0.6 is 0 Å². The zero-order valence-electron chi connectivity index (χ0n) is 9.09. The van der Waals surface area contributed by atoms with Crippen molar-refractivity contribution in [1.82, 2.24) is 0 Å². The van der Waals surface area contributed by atoms with Crippen molar-refractivity contribution < 1.29 is 14.2 Å². The van der Waals surface area contributed by atoms with E-state index in [0.717, 1.165) is 13.2 Å². The van der Waals surface area contributed by atoms with Crippen LogP contribution in [0.15, 0.2) is 12.8 Å². The predicted molar refractivity (Wildman–Crippen MR) is 55.3 cm³/mol. The third-order valence-electron chi connectivity index (χ3n) is 4.46. The number of rotatable bonds is 4. The lowest BCUT2D eigenvalue weighted by molar-refractivity contribution is -0.0334. The molecule has 3 nitrogen and oxygen atoms in total. The van der Waals surface area contributed by atoms with Gasteiger partial charge in [0.2, 0.25) is 0 Å². The van der Waals surface area contributed by atoms with E-state index in [4.69, 9.17) is 14.2 Å². The molecule has 1 aliphatic heterocycles. The molecule has 3 aliphatic rings. The summed E-state index contributed by atoms with van der Waals surface area (Å²) in [5, 5.41) is 0. The van der Waals surface area contributed by atoms with Crippen LogP contribution in [0.4, 0.5) is 0 Å². The number of hydrogen-bond donors (Lipinski definition) is 0. The Kier molecular flexibility index (Phi) is 2.25. The van der Waals surface area contributed by atoms with E-state index in [9.17, 15) is 0 Å². The van der Waals surface area contributed by atoms with Gasteiger partial charge in [0.15, 0.2) is 0 Å². The van der Waals surface area contributed by atoms with Crippen LogP contribution in [0.25, 0.3) is 0 Å². The van der Waals surface area contributed by atoms with Crippen LogP contribution < -0.4 is 0 Å². The lowest BCUT2D eigenvalue weighted by atomic mass is 9.79. The molecule has 3 fully saturated rings. The second-order valence-corrected chi connectivity index (χ2v) is 4.91. The fourth-order valence-corrected chi connectivity index (χ4v) is 3.96. The zero-order valence-corrected chi connectivity index (χ0v) is 9.09. The van der Waals surface area contributed by atoms with Gasteiger partial charge in [-0.1, -0.05) is 6.58 Å². The largest absolute Gasteiger partial charge is 0.496 e. The Hall–Kier alpha value is -0.540. The minimum Gasteiger partial charge on any atom is -0.496 e. The van der Waals surface area contributed by atoms with Gasteiger partial charge in [-0.25, -0.2) is 0 Å². The Labute approximate surface area is 90.4 Å². The van der Waals surface area contributed by atoms with Crippen molar-refractivity contribution in [3.8, 4) is 0 Å². The first-order valence-electron chi connectivity index (χ1n) is 5.73. The van der Waals surface area contributed by atoms with Crippen molar-refractivity contribution >= 4 is 0 Å². The van der Waals surface area contributed by atoms with Gasteiger partial charge in [-0.15, -0.1) is 0 Å². The van der Waals surface area contributed by atoms with Crippen molar-refractivity contribution in [1.29, 1.82) is 0 Å². The van der Waals surface area contributed by atoms with Crippen molar-refractivity contribution in [2.45, 2.75) is 18.6 Å². The molecule has 15 heavy (non-hydrogen) atoms. The fourth-order valence-electron chi connectivity index (χ4n) is 3.96. The fraction of sp³-hybridized carbons (Fsp3) is 0.833. The molecule has 2 saturated carbocycles. The van der Waals surface area contributed by atoms with Gasteiger partial charge in [0, 0.05) is 19.6 Å². The van der Waals surface area contributed by atoms with E-state index in [1.807, 2.05) is 0 Å². The highest BCUT2D eigenvalue weighted by atomic mass is 16.5. The molecule has 2 bridgehead atoms. The Balaban J connectivity index is 1.82. The molecule has 0 N–H and O–H groups in total. The molecule has 0 spiro atoms. The zero-order chi connectivity index (χ0) is 10.4. The quantitative estimate of drug-likeness (QED) is 0.657. The summed E-state index contributed by atoms with van der Waals surface area (Å²) >= 11 is 0. The molecule has 1 heterocycles. The number of ether oxygens (including phenoxy) is 3. The minimum absolute atomic E-state index is 0.228. The van der Waals surface area contributed by atoms with Crippen molar-refractivity contribution in [3.05, 3.63) is 12.8 Å². The molecule has 6 atom stereocenters. The molecule has 0 aromatic carbocycles. The molecule has 6 unspecified atom stereocenters. The second-order valence-electron chi connectivity index (χ2n) is 4.91. The second kappa shape index (κ2) is 3.49. The van der Waals surface area contributed by atoms with Crippen LogP contribution in [0.1, 0.15) is 6.42 Å². The molecule has 1 saturated heterocycles. The minimum atomic E-state index is 0.228. The van der Waals surface area contributed by atoms with Gasteiger partial charge >= 0.3 is 0 Å². The lowest BCUT2D eigenvalue weighted by Gasteiger charge is -2.32. The van der Waals surface area contributed by atoms with Gasteiger partial charge in [0.1, 0.15) is 6.10 Å². The van der Waals surface area contributed by atoms with Crippen LogP contribution in [-0.4, -0.2) is 32.5 Å². The SMILES string of the molecule is C=COC1C2CC3C(COC31)C2COC. The third kappa shape index (κ3) is 1.20. The summed E-state index contributed by atoms with van der Waals surface area (Å²) < 4.78 is 16.8. The number of methoxy groups -OCH3 is 1. The lowest BCUT2D eigenvalue weighted by Crippen LogP contribution is -2.39. The molecule has 0 aromatic heterocycles. The van der Waals surface area contributed by atoms with E-state index in [1.54, 1.807) is 13.4 Å². The summed E-state index contributed by atoms with van der Waals surface area (Å²) in [5.41, 5.74) is 0. The molecule has 2 aliphatic carbocycles. The first-order valence-corrected chi connectivity index (χ1v) is 5.73. The first-order chi connectivity index (χ1) is 7.36. The molecule has 0 amide bonds. The van der Waals surface area contributed by atoms with E-state index >= 15 is 0 Å². The van der Waals surface area contributed by atoms with Crippen LogP contribution in [0.3, 0.4) is 0 Å². The van der Waals surface area contributed by atoms with Crippen LogP contribution in [-0.2, 0) is 14.2 Å². The van der Waals surface area contributed by atoms with Gasteiger partial charge in [0.25, 0.3) is 0 Å². The smallest absolute Gasteiger partial charge is 0.127 e. The Bertz CT molecular complexity index is 266. The van der Waals surface area contributed by atoms with E-state index in [-0.39, 0.29) is 6.10 Å². The van der Waals surface area contributed by atoms with Gasteiger partial charge in [-0.2, -0.15) is 0 Å². The van der Waals surface area contributed by atoms with Crippen molar-refractivity contribution in [3.63, 3.8) is 0 Å². The molecule has 84 valence electrons. The topological polar surface area (TPSA) is 27.7 Å². The van der Waals surface area contributed by atoms with E-state index in [2.05, 4.69) is 6.58 Å². The van der Waals surface area contributed by atoms with Crippen molar-refractivity contribution in [2.24, 2.45) is 23.7 Å². The molecule has 0 radical (unpaired) electrons. The summed E-state index contributed by atoms with van der Waals surface area (Å²) in [6.07, 6.45) is 3.37. The molecule has 3 heteroatoms. The van der Waals surface area contributed by atoms with Crippen LogP contribution in [0, 0.1) is 23.7 Å². The predicted octanol–water partition coefficient (Wildman–Crippen LogP) is 1.44. The van der Waals surface area contributed by atoms with E-state index in [1.165, 1.54) is 6.42 Å².